The van der Waals surface area contributed by atoms with Gasteiger partial charge in [0.15, 0.2) is 17.8 Å². The van der Waals surface area contributed by atoms with Gasteiger partial charge in [-0.15, -0.1) is 0 Å². The Labute approximate surface area is 298 Å². The molecular weight excluding hydrogens is 648 g/mol. The Morgan fingerprint density at radius 2 is 1.55 bits per heavy atom. The molecule has 0 aliphatic carbocycles. The van der Waals surface area contributed by atoms with Crippen LogP contribution in [0.1, 0.15) is 65.5 Å². The summed E-state index contributed by atoms with van der Waals surface area (Å²) in [5, 5.41) is 21.3. The van der Waals surface area contributed by atoms with Gasteiger partial charge in [0.05, 0.1) is 39.5 Å². The predicted octanol–water partition coefficient (Wildman–Crippen LogP) is 6.19. The summed E-state index contributed by atoms with van der Waals surface area (Å²) < 4.78 is 24.8. The van der Waals surface area contributed by atoms with E-state index in [1.54, 1.807) is 14.2 Å². The molecule has 4 aromatic carbocycles. The van der Waals surface area contributed by atoms with Crippen molar-refractivity contribution in [3.8, 4) is 22.6 Å². The Hall–Kier alpha value is -4.74. The number of aliphatic carboxylic acids is 1. The molecule has 2 aliphatic heterocycles. The maximum atomic E-state index is 12.1. The number of hydrogen-bond donors (Lipinski definition) is 3. The van der Waals surface area contributed by atoms with E-state index in [0.29, 0.717) is 6.54 Å². The summed E-state index contributed by atoms with van der Waals surface area (Å²) in [5.41, 5.74) is 8.14. The molecule has 0 bridgehead atoms. The highest BCUT2D eigenvalue weighted by atomic mass is 16.7. The highest BCUT2D eigenvalue weighted by molar-refractivity contribution is 5.80. The molecule has 0 spiro atoms. The van der Waals surface area contributed by atoms with Crippen LogP contribution in [0.2, 0.25) is 0 Å². The van der Waals surface area contributed by atoms with Crippen molar-refractivity contribution in [3.63, 3.8) is 0 Å². The van der Waals surface area contributed by atoms with Gasteiger partial charge in [0.2, 0.25) is 5.91 Å². The van der Waals surface area contributed by atoms with Crippen LogP contribution in [0.3, 0.4) is 0 Å². The minimum Gasteiger partial charge on any atom is -0.493 e. The second-order valence-electron chi connectivity index (χ2n) is 13.3. The van der Waals surface area contributed by atoms with Crippen LogP contribution in [0.5, 0.6) is 11.5 Å². The minimum atomic E-state index is -0.996. The number of hydrogen-bond acceptors (Lipinski definition) is 8. The molecule has 4 atom stereocenters. The van der Waals surface area contributed by atoms with Crippen LogP contribution in [0.25, 0.3) is 11.1 Å². The molecule has 51 heavy (non-hydrogen) atoms. The smallest absolute Gasteiger partial charge is 0.303 e. The predicted molar refractivity (Wildman–Crippen MR) is 192 cm³/mol. The monoisotopic (exact) mass is 694 g/mol. The van der Waals surface area contributed by atoms with E-state index in [9.17, 15) is 14.7 Å². The lowest BCUT2D eigenvalue weighted by Gasteiger charge is -2.43. The van der Waals surface area contributed by atoms with Crippen molar-refractivity contribution in [2.45, 2.75) is 64.4 Å². The molecule has 1 saturated heterocycles. The highest BCUT2D eigenvalue weighted by Gasteiger charge is 2.39. The van der Waals surface area contributed by atoms with Gasteiger partial charge in [-0.2, -0.15) is 0 Å². The quantitative estimate of drug-likeness (QED) is 0.150. The number of rotatable bonds is 13. The van der Waals surface area contributed by atoms with Crippen LogP contribution in [0.4, 0.5) is 0 Å². The molecule has 3 N–H and O–H groups in total. The summed E-state index contributed by atoms with van der Waals surface area (Å²) in [7, 11) is 3.32. The molecule has 0 aromatic heterocycles. The van der Waals surface area contributed by atoms with E-state index in [2.05, 4.69) is 35.3 Å². The number of carboxylic acids is 1. The second-order valence-corrected chi connectivity index (χ2v) is 13.3. The largest absolute Gasteiger partial charge is 0.493 e. The van der Waals surface area contributed by atoms with Gasteiger partial charge in [-0.25, -0.2) is 0 Å². The number of carbonyl (C=O) groups excluding carboxylic acids is 1. The first-order valence-electron chi connectivity index (χ1n) is 17.4. The Kier molecular flexibility index (Phi) is 11.7. The Balaban J connectivity index is 1.23. The number of fused-ring (bicyclic) bond motifs is 1. The highest BCUT2D eigenvalue weighted by Crippen LogP contribution is 2.43. The van der Waals surface area contributed by atoms with E-state index in [0.717, 1.165) is 70.9 Å². The summed E-state index contributed by atoms with van der Waals surface area (Å²) in [6.45, 7) is 4.85. The fourth-order valence-corrected chi connectivity index (χ4v) is 6.92. The number of nitrogens with one attached hydrogen (secondary N) is 1. The van der Waals surface area contributed by atoms with Gasteiger partial charge in [0.1, 0.15) is 0 Å². The Bertz CT molecular complexity index is 1830. The summed E-state index contributed by atoms with van der Waals surface area (Å²) in [6, 6.07) is 28.2. The Morgan fingerprint density at radius 1 is 0.843 bits per heavy atom. The van der Waals surface area contributed by atoms with E-state index >= 15 is 0 Å². The van der Waals surface area contributed by atoms with E-state index in [-0.39, 0.29) is 43.5 Å². The van der Waals surface area contributed by atoms with Crippen molar-refractivity contribution in [3.05, 3.63) is 118 Å². The number of aliphatic hydroxyl groups is 1. The zero-order valence-electron chi connectivity index (χ0n) is 29.3. The molecule has 10 nitrogen and oxygen atoms in total. The van der Waals surface area contributed by atoms with Crippen LogP contribution >= 0.6 is 0 Å². The van der Waals surface area contributed by atoms with Crippen molar-refractivity contribution in [2.75, 3.05) is 27.3 Å². The molecule has 268 valence electrons. The van der Waals surface area contributed by atoms with Crippen LogP contribution in [-0.2, 0) is 45.2 Å². The molecule has 0 unspecified atom stereocenters. The van der Waals surface area contributed by atoms with E-state index < -0.39 is 12.3 Å². The first-order chi connectivity index (χ1) is 24.7. The van der Waals surface area contributed by atoms with Crippen LogP contribution < -0.4 is 14.8 Å². The number of benzene rings is 4. The average molecular weight is 695 g/mol. The molecule has 6 rings (SSSR count). The number of nitrogens with zero attached hydrogens (tertiary/aromatic N) is 1. The summed E-state index contributed by atoms with van der Waals surface area (Å²) in [4.78, 5) is 25.4. The normalized spacial score (nSPS) is 20.3. The van der Waals surface area contributed by atoms with Gasteiger partial charge < -0.3 is 34.5 Å². The lowest BCUT2D eigenvalue weighted by Crippen LogP contribution is -2.45. The van der Waals surface area contributed by atoms with Gasteiger partial charge in [-0.3, -0.25) is 14.5 Å². The number of amides is 1. The maximum absolute atomic E-state index is 12.1. The van der Waals surface area contributed by atoms with Crippen LogP contribution in [0, 0.1) is 5.92 Å². The van der Waals surface area contributed by atoms with Gasteiger partial charge in [0.25, 0.3) is 0 Å². The van der Waals surface area contributed by atoms with Crippen LogP contribution in [-0.4, -0.2) is 60.4 Å². The number of methoxy groups -OCH3 is 2. The fraction of sp³-hybridized carbons (Fsp3) is 0.366. The summed E-state index contributed by atoms with van der Waals surface area (Å²) >= 11 is 0. The van der Waals surface area contributed by atoms with Gasteiger partial charge in [-0.05, 0) is 69.6 Å². The average Bonchev–Trinajstić information content (AvgIpc) is 3.16. The van der Waals surface area contributed by atoms with Gasteiger partial charge in [0, 0.05) is 44.1 Å². The standard InChI is InChI=1S/C41H46N2O8/c1-26-37(24-43-17-16-32-20-35(48-2)36(49-3)21-34(32)23-43)50-41(51-40(26)29-12-10-27(25-44)11-13-29)33-9-5-8-31(19-33)30-7-4-6-28(18-30)22-42-38(45)14-15-39(46)47/h4-13,18-21,26,37,40-41,44H,14-17,22-25H2,1-3H3,(H,42,45)(H,46,47)/t26-,37+,40+,41+/m1/s1. The zero-order valence-corrected chi connectivity index (χ0v) is 29.3. The van der Waals surface area contributed by atoms with Gasteiger partial charge in [-0.1, -0.05) is 67.6 Å². The first-order valence-corrected chi connectivity index (χ1v) is 17.4. The summed E-state index contributed by atoms with van der Waals surface area (Å²) in [6.07, 6.45) is -0.346. The first kappa shape index (κ1) is 36.1. The van der Waals surface area contributed by atoms with E-state index in [1.165, 1.54) is 11.1 Å². The summed E-state index contributed by atoms with van der Waals surface area (Å²) in [5.74, 6) is 0.223. The van der Waals surface area contributed by atoms with E-state index in [1.807, 2.05) is 66.7 Å². The second kappa shape index (κ2) is 16.5. The molecule has 1 fully saturated rings. The number of carbonyl (C=O) groups is 2. The molecule has 4 aromatic rings. The Morgan fingerprint density at radius 3 is 2.25 bits per heavy atom. The molecule has 1 amide bonds. The molecule has 0 saturated carbocycles. The van der Waals surface area contributed by atoms with Crippen molar-refractivity contribution in [2.24, 2.45) is 5.92 Å². The third-order valence-electron chi connectivity index (χ3n) is 9.83. The molecule has 10 heteroatoms. The molecule has 2 aliphatic rings. The third-order valence-corrected chi connectivity index (χ3v) is 9.83. The van der Waals surface area contributed by atoms with Crippen molar-refractivity contribution < 1.29 is 38.7 Å². The van der Waals surface area contributed by atoms with Crippen LogP contribution in [0.15, 0.2) is 84.9 Å². The number of aliphatic hydroxyl groups excluding tert-OH is 1. The third kappa shape index (κ3) is 8.77. The lowest BCUT2D eigenvalue weighted by atomic mass is 9.89. The van der Waals surface area contributed by atoms with Crippen molar-refractivity contribution in [1.82, 2.24) is 10.2 Å². The lowest BCUT2D eigenvalue weighted by molar-refractivity contribution is -0.276. The molecule has 0 radical (unpaired) electrons. The molecular formula is C41H46N2O8. The zero-order chi connectivity index (χ0) is 35.9. The fourth-order valence-electron chi connectivity index (χ4n) is 6.92. The maximum Gasteiger partial charge on any atom is 0.303 e. The number of ether oxygens (including phenoxy) is 4. The van der Waals surface area contributed by atoms with Crippen molar-refractivity contribution in [1.29, 1.82) is 0 Å². The van der Waals surface area contributed by atoms with E-state index in [4.69, 9.17) is 24.1 Å². The molecule has 2 heterocycles. The topological polar surface area (TPSA) is 127 Å². The number of carboxylic acid groups (broad SMARTS) is 1. The SMILES string of the molecule is COc1cc2c(cc1OC)CN(C[C@@H]1O[C@H](c3cccc(-c4cccc(CNC(=O)CCC(=O)O)c4)c3)O[C@H](c3ccc(CO)cc3)[C@@H]1C)CC2. The van der Waals surface area contributed by atoms with Crippen molar-refractivity contribution >= 4 is 11.9 Å². The minimum absolute atomic E-state index is 0.0199. The van der Waals surface area contributed by atoms with Gasteiger partial charge >= 0.3 is 5.97 Å².